The van der Waals surface area contributed by atoms with Crippen molar-refractivity contribution < 1.29 is 4.74 Å². The van der Waals surface area contributed by atoms with Crippen molar-refractivity contribution >= 4 is 34.8 Å². The van der Waals surface area contributed by atoms with E-state index in [9.17, 15) is 0 Å². The van der Waals surface area contributed by atoms with Crippen LogP contribution in [0.2, 0.25) is 15.2 Å². The maximum Gasteiger partial charge on any atom is 0.234 e. The van der Waals surface area contributed by atoms with Gasteiger partial charge in [-0.15, -0.1) is 0 Å². The Labute approximate surface area is 98.1 Å². The second-order valence-corrected chi connectivity index (χ2v) is 4.43. The molecule has 2 nitrogen and oxygen atoms in total. The summed E-state index contributed by atoms with van der Waals surface area (Å²) in [5.74, 6) is 0.733. The fourth-order valence-corrected chi connectivity index (χ4v) is 1.32. The predicted octanol–water partition coefficient (Wildman–Crippen LogP) is 4.08. The monoisotopic (exact) mass is 253 g/mol. The summed E-state index contributed by atoms with van der Waals surface area (Å²) >= 11 is 17.3. The smallest absolute Gasteiger partial charge is 0.234 e. The van der Waals surface area contributed by atoms with E-state index in [2.05, 4.69) is 4.98 Å². The summed E-state index contributed by atoms with van der Waals surface area (Å²) in [7, 11) is 0. The summed E-state index contributed by atoms with van der Waals surface area (Å²) < 4.78 is 5.35. The average Bonchev–Trinajstić information content (AvgIpc) is 2.09. The second-order valence-electron chi connectivity index (χ2n) is 3.25. The third-order valence-corrected chi connectivity index (χ3v) is 2.35. The molecule has 0 fully saturated rings. The first-order valence-electron chi connectivity index (χ1n) is 4.15. The van der Waals surface area contributed by atoms with Crippen LogP contribution < -0.4 is 4.74 Å². The molecule has 0 saturated heterocycles. The van der Waals surface area contributed by atoms with E-state index in [0.29, 0.717) is 28.5 Å². The summed E-state index contributed by atoms with van der Waals surface area (Å²) in [6.07, 6.45) is 0. The molecule has 1 aromatic rings. The molecule has 0 aliphatic rings. The zero-order chi connectivity index (χ0) is 10.7. The molecule has 0 saturated carbocycles. The number of rotatable bonds is 3. The van der Waals surface area contributed by atoms with E-state index in [1.54, 1.807) is 0 Å². The third-order valence-electron chi connectivity index (χ3n) is 1.41. The molecule has 0 radical (unpaired) electrons. The molecule has 5 heteroatoms. The number of hydrogen-bond acceptors (Lipinski definition) is 2. The highest BCUT2D eigenvalue weighted by molar-refractivity contribution is 6.42. The van der Waals surface area contributed by atoms with Crippen LogP contribution in [-0.4, -0.2) is 11.6 Å². The molecule has 0 unspecified atom stereocenters. The molecular weight excluding hydrogens is 244 g/mol. The van der Waals surface area contributed by atoms with E-state index in [1.807, 2.05) is 13.8 Å². The number of halogens is 3. The molecule has 0 N–H and O–H groups in total. The van der Waals surface area contributed by atoms with Crippen molar-refractivity contribution in [1.29, 1.82) is 0 Å². The lowest BCUT2D eigenvalue weighted by Gasteiger charge is -2.09. The highest BCUT2D eigenvalue weighted by Crippen LogP contribution is 2.30. The molecule has 14 heavy (non-hydrogen) atoms. The number of ether oxygens (including phenoxy) is 1. The summed E-state index contributed by atoms with van der Waals surface area (Å²) in [5, 5.41) is 0.906. The quantitative estimate of drug-likeness (QED) is 0.758. The molecule has 78 valence electrons. The first-order chi connectivity index (χ1) is 6.50. The molecule has 1 aromatic heterocycles. The van der Waals surface area contributed by atoms with E-state index in [4.69, 9.17) is 39.5 Å². The fraction of sp³-hybridized carbons (Fsp3) is 0.444. The van der Waals surface area contributed by atoms with Crippen molar-refractivity contribution in [2.75, 3.05) is 6.61 Å². The Bertz CT molecular complexity index is 328. The zero-order valence-corrected chi connectivity index (χ0v) is 10.1. The lowest BCUT2D eigenvalue weighted by atomic mass is 10.2. The Morgan fingerprint density at radius 1 is 1.29 bits per heavy atom. The van der Waals surface area contributed by atoms with E-state index in [1.165, 1.54) is 6.07 Å². The minimum Gasteiger partial charge on any atom is -0.476 e. The van der Waals surface area contributed by atoms with Crippen molar-refractivity contribution in [1.82, 2.24) is 4.98 Å². The van der Waals surface area contributed by atoms with Crippen LogP contribution in [0.3, 0.4) is 0 Å². The molecule has 0 aromatic carbocycles. The zero-order valence-electron chi connectivity index (χ0n) is 7.85. The fourth-order valence-electron chi connectivity index (χ4n) is 0.775. The van der Waals surface area contributed by atoms with E-state index in [-0.39, 0.29) is 5.15 Å². The Hall–Kier alpha value is -0.180. The predicted molar refractivity (Wildman–Crippen MR) is 59.6 cm³/mol. The van der Waals surface area contributed by atoms with Gasteiger partial charge in [0.2, 0.25) is 5.88 Å². The van der Waals surface area contributed by atoms with Crippen molar-refractivity contribution in [3.63, 3.8) is 0 Å². The van der Waals surface area contributed by atoms with E-state index >= 15 is 0 Å². The van der Waals surface area contributed by atoms with Gasteiger partial charge < -0.3 is 4.74 Å². The summed E-state index contributed by atoms with van der Waals surface area (Å²) in [6, 6.07) is 1.52. The maximum atomic E-state index is 5.85. The SMILES string of the molecule is CC(C)COc1nc(Cl)c(Cl)cc1Cl. The summed E-state index contributed by atoms with van der Waals surface area (Å²) in [6.45, 7) is 4.61. The van der Waals surface area contributed by atoms with Crippen LogP contribution in [-0.2, 0) is 0 Å². The van der Waals surface area contributed by atoms with Gasteiger partial charge in [-0.05, 0) is 12.0 Å². The van der Waals surface area contributed by atoms with Gasteiger partial charge in [-0.1, -0.05) is 48.7 Å². The van der Waals surface area contributed by atoms with Crippen molar-refractivity contribution in [3.8, 4) is 5.88 Å². The Morgan fingerprint density at radius 3 is 2.50 bits per heavy atom. The molecular formula is C9H10Cl3NO. The number of aromatic nitrogens is 1. The molecule has 0 bridgehead atoms. The largest absolute Gasteiger partial charge is 0.476 e. The Kier molecular flexibility index (Phi) is 4.30. The van der Waals surface area contributed by atoms with Gasteiger partial charge in [0.15, 0.2) is 5.15 Å². The molecule has 0 spiro atoms. The number of pyridine rings is 1. The topological polar surface area (TPSA) is 22.1 Å². The van der Waals surface area contributed by atoms with Gasteiger partial charge in [-0.25, -0.2) is 0 Å². The third kappa shape index (κ3) is 3.19. The Balaban J connectivity index is 2.82. The second kappa shape index (κ2) is 5.06. The van der Waals surface area contributed by atoms with Crippen molar-refractivity contribution in [2.45, 2.75) is 13.8 Å². The lowest BCUT2D eigenvalue weighted by molar-refractivity contribution is 0.261. The molecule has 0 amide bonds. The van der Waals surface area contributed by atoms with E-state index < -0.39 is 0 Å². The standard InChI is InChI=1S/C9H10Cl3NO/c1-5(2)4-14-9-7(11)3-6(10)8(12)13-9/h3,5H,4H2,1-2H3. The number of hydrogen-bond donors (Lipinski definition) is 0. The van der Waals surface area contributed by atoms with Crippen LogP contribution in [0.15, 0.2) is 6.07 Å². The highest BCUT2D eigenvalue weighted by Gasteiger charge is 2.09. The summed E-state index contributed by atoms with van der Waals surface area (Å²) in [5.41, 5.74) is 0. The maximum absolute atomic E-state index is 5.85. The van der Waals surface area contributed by atoms with Gasteiger partial charge in [0.1, 0.15) is 5.02 Å². The molecule has 1 rings (SSSR count). The van der Waals surface area contributed by atoms with Gasteiger partial charge in [0.05, 0.1) is 11.6 Å². The first-order valence-corrected chi connectivity index (χ1v) is 5.28. The van der Waals surface area contributed by atoms with Gasteiger partial charge >= 0.3 is 0 Å². The van der Waals surface area contributed by atoms with Crippen LogP contribution >= 0.6 is 34.8 Å². The molecule has 0 aliphatic carbocycles. The summed E-state index contributed by atoms with van der Waals surface area (Å²) in [4.78, 5) is 3.92. The van der Waals surface area contributed by atoms with Crippen LogP contribution in [0.5, 0.6) is 5.88 Å². The van der Waals surface area contributed by atoms with Crippen LogP contribution in [0.25, 0.3) is 0 Å². The highest BCUT2D eigenvalue weighted by atomic mass is 35.5. The normalized spacial score (nSPS) is 10.7. The van der Waals surface area contributed by atoms with Gasteiger partial charge in [-0.3, -0.25) is 0 Å². The first kappa shape index (κ1) is 11.9. The van der Waals surface area contributed by atoms with Crippen LogP contribution in [0.4, 0.5) is 0 Å². The lowest BCUT2D eigenvalue weighted by Crippen LogP contribution is -2.06. The van der Waals surface area contributed by atoms with E-state index in [0.717, 1.165) is 0 Å². The van der Waals surface area contributed by atoms with Gasteiger partial charge in [0.25, 0.3) is 0 Å². The van der Waals surface area contributed by atoms with Gasteiger partial charge in [-0.2, -0.15) is 4.98 Å². The minimum absolute atomic E-state index is 0.204. The average molecular weight is 255 g/mol. The van der Waals surface area contributed by atoms with Crippen LogP contribution in [0.1, 0.15) is 13.8 Å². The molecule has 0 atom stereocenters. The minimum atomic E-state index is 0.204. The van der Waals surface area contributed by atoms with Crippen molar-refractivity contribution in [2.24, 2.45) is 5.92 Å². The Morgan fingerprint density at radius 2 is 1.93 bits per heavy atom. The van der Waals surface area contributed by atoms with Crippen molar-refractivity contribution in [3.05, 3.63) is 21.3 Å². The van der Waals surface area contributed by atoms with Crippen LogP contribution in [0, 0.1) is 5.92 Å². The number of nitrogens with zero attached hydrogens (tertiary/aromatic N) is 1. The molecule has 1 heterocycles. The van der Waals surface area contributed by atoms with Gasteiger partial charge in [0, 0.05) is 0 Å². The molecule has 0 aliphatic heterocycles.